The van der Waals surface area contributed by atoms with E-state index in [4.69, 9.17) is 22.1 Å². The van der Waals surface area contributed by atoms with E-state index >= 15 is 0 Å². The third kappa shape index (κ3) is 4.30. The Morgan fingerprint density at radius 1 is 1.29 bits per heavy atom. The summed E-state index contributed by atoms with van der Waals surface area (Å²) in [4.78, 5) is 22.7. The summed E-state index contributed by atoms with van der Waals surface area (Å²) in [5.74, 6) is 0. The highest BCUT2D eigenvalue weighted by atomic mass is 16.6. The molecule has 1 fully saturated rings. The standard InChI is InChI=1S/C18H27BN4O5/c1-17(2,3)26-7-9-12(28-18(4,5)6)11(24)15(27-9)23-13-10(22-16(23)19)14(25)21-8-20-13/h8-9,11-12,15,24H,7H2,1-6H3,(H,20,21,25)/t9-,11-,12-,15?/m1/s1. The molecule has 10 heteroatoms. The van der Waals surface area contributed by atoms with Crippen molar-refractivity contribution in [2.24, 2.45) is 0 Å². The van der Waals surface area contributed by atoms with Crippen LogP contribution < -0.4 is 11.3 Å². The van der Waals surface area contributed by atoms with Gasteiger partial charge in [-0.25, -0.2) is 9.97 Å². The van der Waals surface area contributed by atoms with Gasteiger partial charge in [-0.15, -0.1) is 0 Å². The molecule has 3 rings (SSSR count). The molecule has 152 valence electrons. The Hall–Kier alpha value is -1.75. The molecule has 1 aliphatic heterocycles. The Kier molecular flexibility index (Phi) is 5.43. The molecule has 0 aliphatic carbocycles. The first kappa shape index (κ1) is 21.0. The van der Waals surface area contributed by atoms with Crippen molar-refractivity contribution >= 4 is 24.7 Å². The summed E-state index contributed by atoms with van der Waals surface area (Å²) in [5.41, 5.74) is -0.973. The number of aromatic nitrogens is 4. The molecule has 0 saturated carbocycles. The van der Waals surface area contributed by atoms with Gasteiger partial charge >= 0.3 is 0 Å². The molecule has 2 aromatic rings. The summed E-state index contributed by atoms with van der Waals surface area (Å²) >= 11 is 0. The second-order valence-electron chi connectivity index (χ2n) is 8.92. The molecular formula is C18H27BN4O5. The van der Waals surface area contributed by atoms with Gasteiger partial charge in [0.15, 0.2) is 25.2 Å². The molecule has 0 aromatic carbocycles. The van der Waals surface area contributed by atoms with Crippen molar-refractivity contribution in [1.29, 1.82) is 0 Å². The van der Waals surface area contributed by atoms with Crippen molar-refractivity contribution in [3.05, 3.63) is 16.7 Å². The topological polar surface area (TPSA) is 111 Å². The van der Waals surface area contributed by atoms with Gasteiger partial charge in [0, 0.05) is 0 Å². The Morgan fingerprint density at radius 3 is 2.57 bits per heavy atom. The minimum Gasteiger partial charge on any atom is -0.386 e. The predicted octanol–water partition coefficient (Wildman–Crippen LogP) is 0.171. The quantitative estimate of drug-likeness (QED) is 0.716. The first-order valence-corrected chi connectivity index (χ1v) is 9.24. The SMILES string of the molecule is [B]c1nc2c(=O)[nH]cnc2n1C1O[C@H](COC(C)(C)C)[C@@H](OC(C)(C)C)[C@H]1O. The third-order valence-corrected chi connectivity index (χ3v) is 4.24. The summed E-state index contributed by atoms with van der Waals surface area (Å²) in [7, 11) is 6.02. The normalized spacial score (nSPS) is 26.2. The van der Waals surface area contributed by atoms with Gasteiger partial charge in [-0.3, -0.25) is 9.36 Å². The maximum absolute atomic E-state index is 12.0. The van der Waals surface area contributed by atoms with Crippen LogP contribution in [0.15, 0.2) is 11.1 Å². The van der Waals surface area contributed by atoms with Crippen molar-refractivity contribution in [2.45, 2.75) is 77.3 Å². The lowest BCUT2D eigenvalue weighted by Crippen LogP contribution is -2.43. The Labute approximate surface area is 164 Å². The molecule has 2 aromatic heterocycles. The Bertz CT molecular complexity index is 898. The second-order valence-corrected chi connectivity index (χ2v) is 8.92. The lowest BCUT2D eigenvalue weighted by molar-refractivity contribution is -0.138. The molecule has 1 unspecified atom stereocenters. The van der Waals surface area contributed by atoms with E-state index in [0.29, 0.717) is 0 Å². The van der Waals surface area contributed by atoms with E-state index < -0.39 is 35.7 Å². The van der Waals surface area contributed by atoms with Crippen molar-refractivity contribution in [3.8, 4) is 0 Å². The van der Waals surface area contributed by atoms with Gasteiger partial charge in [-0.2, -0.15) is 0 Å². The zero-order valence-corrected chi connectivity index (χ0v) is 17.1. The summed E-state index contributed by atoms with van der Waals surface area (Å²) in [6.45, 7) is 11.7. The maximum Gasteiger partial charge on any atom is 0.278 e. The van der Waals surface area contributed by atoms with E-state index in [0.717, 1.165) is 0 Å². The fourth-order valence-electron chi connectivity index (χ4n) is 3.14. The minimum atomic E-state index is -1.06. The number of aromatic amines is 1. The Morgan fingerprint density at radius 2 is 1.96 bits per heavy atom. The average molecular weight is 390 g/mol. The van der Waals surface area contributed by atoms with Crippen LogP contribution in [-0.4, -0.2) is 68.6 Å². The molecule has 4 atom stereocenters. The van der Waals surface area contributed by atoms with E-state index in [2.05, 4.69) is 15.0 Å². The molecule has 3 heterocycles. The van der Waals surface area contributed by atoms with Crippen molar-refractivity contribution in [3.63, 3.8) is 0 Å². The highest BCUT2D eigenvalue weighted by molar-refractivity contribution is 6.30. The molecule has 9 nitrogen and oxygen atoms in total. The van der Waals surface area contributed by atoms with Gasteiger partial charge in [0.25, 0.3) is 5.56 Å². The number of imidazole rings is 1. The monoisotopic (exact) mass is 390 g/mol. The van der Waals surface area contributed by atoms with Crippen LogP contribution >= 0.6 is 0 Å². The van der Waals surface area contributed by atoms with Crippen LogP contribution in [-0.2, 0) is 14.2 Å². The number of fused-ring (bicyclic) bond motifs is 1. The van der Waals surface area contributed by atoms with E-state index in [1.807, 2.05) is 41.5 Å². The number of nitrogens with zero attached hydrogens (tertiary/aromatic N) is 3. The van der Waals surface area contributed by atoms with Gasteiger partial charge < -0.3 is 24.3 Å². The number of rotatable bonds is 4. The molecule has 0 spiro atoms. The first-order chi connectivity index (χ1) is 12.9. The number of nitrogens with one attached hydrogen (secondary N) is 1. The fraction of sp³-hybridized carbons (Fsp3) is 0.722. The summed E-state index contributed by atoms with van der Waals surface area (Å²) in [5, 5.41) is 11.0. The van der Waals surface area contributed by atoms with E-state index in [1.54, 1.807) is 0 Å². The smallest absolute Gasteiger partial charge is 0.278 e. The van der Waals surface area contributed by atoms with Crippen LogP contribution in [0.5, 0.6) is 0 Å². The number of aliphatic hydroxyl groups excluding tert-OH is 1. The van der Waals surface area contributed by atoms with E-state index in [9.17, 15) is 9.90 Å². The summed E-state index contributed by atoms with van der Waals surface area (Å²) in [6, 6.07) is 0. The minimum absolute atomic E-state index is 0.0233. The molecule has 1 aliphatic rings. The molecular weight excluding hydrogens is 363 g/mol. The van der Waals surface area contributed by atoms with Crippen LogP contribution in [0.3, 0.4) is 0 Å². The van der Waals surface area contributed by atoms with E-state index in [-0.39, 0.29) is 29.1 Å². The van der Waals surface area contributed by atoms with Crippen LogP contribution in [0, 0.1) is 0 Å². The van der Waals surface area contributed by atoms with E-state index in [1.165, 1.54) is 10.9 Å². The van der Waals surface area contributed by atoms with Crippen LogP contribution in [0.4, 0.5) is 0 Å². The lowest BCUT2D eigenvalue weighted by Gasteiger charge is -2.30. The fourth-order valence-corrected chi connectivity index (χ4v) is 3.14. The molecule has 2 N–H and O–H groups in total. The number of H-pyrrole nitrogens is 1. The third-order valence-electron chi connectivity index (χ3n) is 4.24. The van der Waals surface area contributed by atoms with Crippen molar-refractivity contribution in [1.82, 2.24) is 19.5 Å². The number of hydrogen-bond donors (Lipinski definition) is 2. The lowest BCUT2D eigenvalue weighted by atomic mass is 10.1. The summed E-state index contributed by atoms with van der Waals surface area (Å²) < 4.78 is 19.5. The predicted molar refractivity (Wildman–Crippen MR) is 104 cm³/mol. The number of aliphatic hydroxyl groups is 1. The van der Waals surface area contributed by atoms with Gasteiger partial charge in [0.2, 0.25) is 0 Å². The van der Waals surface area contributed by atoms with Crippen LogP contribution in [0.2, 0.25) is 0 Å². The number of ether oxygens (including phenoxy) is 3. The van der Waals surface area contributed by atoms with Crippen LogP contribution in [0.25, 0.3) is 11.2 Å². The zero-order valence-electron chi connectivity index (χ0n) is 17.1. The highest BCUT2D eigenvalue weighted by Crippen LogP contribution is 2.35. The zero-order chi connectivity index (χ0) is 20.9. The van der Waals surface area contributed by atoms with Gasteiger partial charge in [-0.05, 0) is 41.5 Å². The molecule has 1 saturated heterocycles. The van der Waals surface area contributed by atoms with Crippen molar-refractivity contribution in [2.75, 3.05) is 6.61 Å². The highest BCUT2D eigenvalue weighted by Gasteiger charge is 2.48. The van der Waals surface area contributed by atoms with Gasteiger partial charge in [0.05, 0.1) is 29.9 Å². The summed E-state index contributed by atoms with van der Waals surface area (Å²) in [6.07, 6.45) is -1.93. The second kappa shape index (κ2) is 7.25. The molecule has 0 amide bonds. The maximum atomic E-state index is 12.0. The Balaban J connectivity index is 1.97. The molecule has 2 radical (unpaired) electrons. The largest absolute Gasteiger partial charge is 0.386 e. The van der Waals surface area contributed by atoms with Gasteiger partial charge in [-0.1, -0.05) is 0 Å². The number of hydrogen-bond acceptors (Lipinski definition) is 7. The molecule has 28 heavy (non-hydrogen) atoms. The molecule has 0 bridgehead atoms. The first-order valence-electron chi connectivity index (χ1n) is 9.24. The van der Waals surface area contributed by atoms with Gasteiger partial charge in [0.1, 0.15) is 18.3 Å². The average Bonchev–Trinajstić information content (AvgIpc) is 3.02. The van der Waals surface area contributed by atoms with Crippen molar-refractivity contribution < 1.29 is 19.3 Å². The van der Waals surface area contributed by atoms with Crippen LogP contribution in [0.1, 0.15) is 47.8 Å².